The largest absolute Gasteiger partial charge is 0.366 e. The molecule has 1 saturated carbocycles. The van der Waals surface area contributed by atoms with Gasteiger partial charge in [-0.3, -0.25) is 0 Å². The normalized spacial score (nSPS) is 25.6. The summed E-state index contributed by atoms with van der Waals surface area (Å²) >= 11 is 0. The van der Waals surface area contributed by atoms with Crippen LogP contribution in [0.5, 0.6) is 0 Å². The summed E-state index contributed by atoms with van der Waals surface area (Å²) in [6.45, 7) is 0. The van der Waals surface area contributed by atoms with Crippen molar-refractivity contribution in [3.8, 4) is 0 Å². The van der Waals surface area contributed by atoms with Gasteiger partial charge in [0, 0.05) is 12.8 Å². The molecule has 0 amide bonds. The van der Waals surface area contributed by atoms with Crippen LogP contribution >= 0.6 is 0 Å². The Balaban J connectivity index is 2.20. The molecule has 0 aromatic carbocycles. The van der Waals surface area contributed by atoms with Crippen LogP contribution in [0.25, 0.3) is 0 Å². The Bertz CT molecular complexity index is 181. The first kappa shape index (κ1) is 17.0. The molecule has 0 heterocycles. The molecule has 0 radical (unpaired) electrons. The fourth-order valence-corrected chi connectivity index (χ4v) is 3.06. The number of hydrogen-bond donors (Lipinski definition) is 2. The maximum atomic E-state index is 9.89. The van der Waals surface area contributed by atoms with E-state index in [1.165, 1.54) is 64.2 Å². The minimum absolute atomic E-state index is 0.562. The molecule has 0 bridgehead atoms. The molecule has 2 nitrogen and oxygen atoms in total. The topological polar surface area (TPSA) is 40.5 Å². The van der Waals surface area contributed by atoms with Crippen molar-refractivity contribution < 1.29 is 10.2 Å². The molecular formula is C17H34O2. The second kappa shape index (κ2) is 10.7. The van der Waals surface area contributed by atoms with Gasteiger partial charge in [-0.2, -0.15) is 0 Å². The van der Waals surface area contributed by atoms with E-state index in [0.29, 0.717) is 12.8 Å². The van der Waals surface area contributed by atoms with Gasteiger partial charge in [0.25, 0.3) is 0 Å². The average molecular weight is 270 g/mol. The van der Waals surface area contributed by atoms with Gasteiger partial charge in [-0.25, -0.2) is 0 Å². The van der Waals surface area contributed by atoms with Crippen LogP contribution in [0.4, 0.5) is 0 Å². The third kappa shape index (κ3) is 10.4. The van der Waals surface area contributed by atoms with E-state index < -0.39 is 5.79 Å². The summed E-state index contributed by atoms with van der Waals surface area (Å²) in [7, 11) is 0. The van der Waals surface area contributed by atoms with E-state index in [4.69, 9.17) is 0 Å². The van der Waals surface area contributed by atoms with Crippen molar-refractivity contribution in [3.05, 3.63) is 0 Å². The first-order chi connectivity index (χ1) is 9.21. The summed E-state index contributed by atoms with van der Waals surface area (Å²) in [6, 6.07) is 0. The van der Waals surface area contributed by atoms with Gasteiger partial charge >= 0.3 is 0 Å². The highest BCUT2D eigenvalue weighted by Crippen LogP contribution is 2.21. The van der Waals surface area contributed by atoms with Crippen molar-refractivity contribution in [1.29, 1.82) is 0 Å². The molecule has 2 heteroatoms. The zero-order chi connectivity index (χ0) is 13.8. The summed E-state index contributed by atoms with van der Waals surface area (Å²) in [5, 5.41) is 19.8. The van der Waals surface area contributed by atoms with E-state index in [9.17, 15) is 10.2 Å². The molecule has 1 aliphatic carbocycles. The van der Waals surface area contributed by atoms with Crippen LogP contribution in [0, 0.1) is 0 Å². The van der Waals surface area contributed by atoms with E-state index in [-0.39, 0.29) is 0 Å². The molecule has 19 heavy (non-hydrogen) atoms. The minimum Gasteiger partial charge on any atom is -0.366 e. The standard InChI is InChI=1S/C17H34O2/c18-17(19)15-13-11-9-7-5-3-1-2-4-6-8-10-12-14-16-17/h18-19H,1-16H2. The molecule has 1 fully saturated rings. The molecule has 0 aliphatic heterocycles. The Labute approximate surface area is 119 Å². The lowest BCUT2D eigenvalue weighted by molar-refractivity contribution is -0.172. The van der Waals surface area contributed by atoms with Gasteiger partial charge in [0.2, 0.25) is 0 Å². The Morgan fingerprint density at radius 2 is 0.579 bits per heavy atom. The maximum absolute atomic E-state index is 9.89. The summed E-state index contributed by atoms with van der Waals surface area (Å²) in [5.74, 6) is -1.39. The lowest BCUT2D eigenvalue weighted by Crippen LogP contribution is -2.27. The second-order valence-electron chi connectivity index (χ2n) is 6.43. The van der Waals surface area contributed by atoms with E-state index >= 15 is 0 Å². The van der Waals surface area contributed by atoms with Crippen LogP contribution in [0.2, 0.25) is 0 Å². The molecule has 0 aromatic rings. The Hall–Kier alpha value is -0.0800. The van der Waals surface area contributed by atoms with Crippen molar-refractivity contribution in [1.82, 2.24) is 0 Å². The van der Waals surface area contributed by atoms with Gasteiger partial charge in [-0.1, -0.05) is 77.0 Å². The molecular weight excluding hydrogens is 236 g/mol. The van der Waals surface area contributed by atoms with E-state index in [0.717, 1.165) is 25.7 Å². The average Bonchev–Trinajstić information content (AvgIpc) is 2.37. The summed E-state index contributed by atoms with van der Waals surface area (Å²) in [4.78, 5) is 0. The smallest absolute Gasteiger partial charge is 0.162 e. The second-order valence-corrected chi connectivity index (χ2v) is 6.43. The Kier molecular flexibility index (Phi) is 9.54. The first-order valence-electron chi connectivity index (χ1n) is 8.65. The Morgan fingerprint density at radius 3 is 0.842 bits per heavy atom. The number of hydrogen-bond acceptors (Lipinski definition) is 2. The van der Waals surface area contributed by atoms with Crippen LogP contribution < -0.4 is 0 Å². The van der Waals surface area contributed by atoms with Gasteiger partial charge < -0.3 is 10.2 Å². The van der Waals surface area contributed by atoms with Gasteiger partial charge in [0.05, 0.1) is 0 Å². The van der Waals surface area contributed by atoms with Gasteiger partial charge in [0.1, 0.15) is 0 Å². The van der Waals surface area contributed by atoms with Crippen LogP contribution in [-0.4, -0.2) is 16.0 Å². The maximum Gasteiger partial charge on any atom is 0.162 e. The van der Waals surface area contributed by atoms with Crippen molar-refractivity contribution in [3.63, 3.8) is 0 Å². The molecule has 0 spiro atoms. The van der Waals surface area contributed by atoms with Gasteiger partial charge in [-0.15, -0.1) is 0 Å². The SMILES string of the molecule is OC1(O)CCCCCCCCCCCCCCCC1. The zero-order valence-electron chi connectivity index (χ0n) is 12.7. The van der Waals surface area contributed by atoms with Crippen LogP contribution in [0.3, 0.4) is 0 Å². The van der Waals surface area contributed by atoms with Crippen LogP contribution in [0.15, 0.2) is 0 Å². The first-order valence-corrected chi connectivity index (χ1v) is 8.65. The lowest BCUT2D eigenvalue weighted by Gasteiger charge is -2.21. The van der Waals surface area contributed by atoms with E-state index in [2.05, 4.69) is 0 Å². The third-order valence-electron chi connectivity index (χ3n) is 4.40. The van der Waals surface area contributed by atoms with Crippen molar-refractivity contribution in [2.75, 3.05) is 0 Å². The van der Waals surface area contributed by atoms with E-state index in [1.807, 2.05) is 0 Å². The lowest BCUT2D eigenvalue weighted by atomic mass is 9.99. The highest BCUT2D eigenvalue weighted by Gasteiger charge is 2.21. The quantitative estimate of drug-likeness (QED) is 0.613. The van der Waals surface area contributed by atoms with Gasteiger partial charge in [-0.05, 0) is 12.8 Å². The molecule has 1 aliphatic rings. The summed E-state index contributed by atoms with van der Waals surface area (Å²) < 4.78 is 0. The van der Waals surface area contributed by atoms with Gasteiger partial charge in [0.15, 0.2) is 5.79 Å². The fourth-order valence-electron chi connectivity index (χ4n) is 3.06. The minimum atomic E-state index is -1.39. The predicted octanol–water partition coefficient (Wildman–Crippen LogP) is 4.92. The molecule has 0 saturated heterocycles. The fraction of sp³-hybridized carbons (Fsp3) is 1.00. The monoisotopic (exact) mass is 270 g/mol. The summed E-state index contributed by atoms with van der Waals surface area (Å²) in [6.07, 6.45) is 18.9. The van der Waals surface area contributed by atoms with Crippen LogP contribution in [-0.2, 0) is 0 Å². The molecule has 2 N–H and O–H groups in total. The van der Waals surface area contributed by atoms with E-state index in [1.54, 1.807) is 0 Å². The molecule has 1 rings (SSSR count). The molecule has 0 atom stereocenters. The third-order valence-corrected chi connectivity index (χ3v) is 4.40. The van der Waals surface area contributed by atoms with Crippen molar-refractivity contribution >= 4 is 0 Å². The number of rotatable bonds is 0. The molecule has 114 valence electrons. The van der Waals surface area contributed by atoms with Crippen molar-refractivity contribution in [2.45, 2.75) is 109 Å². The van der Waals surface area contributed by atoms with Crippen LogP contribution in [0.1, 0.15) is 103 Å². The highest BCUT2D eigenvalue weighted by atomic mass is 16.5. The highest BCUT2D eigenvalue weighted by molar-refractivity contribution is 4.65. The number of aliphatic hydroxyl groups is 2. The summed E-state index contributed by atoms with van der Waals surface area (Å²) in [5.41, 5.74) is 0. The molecule has 0 aromatic heterocycles. The predicted molar refractivity (Wildman–Crippen MR) is 81.0 cm³/mol. The zero-order valence-corrected chi connectivity index (χ0v) is 12.7. The Morgan fingerprint density at radius 1 is 0.368 bits per heavy atom. The molecule has 0 unspecified atom stereocenters. The van der Waals surface area contributed by atoms with Crippen molar-refractivity contribution in [2.24, 2.45) is 0 Å².